The molecule has 0 spiro atoms. The van der Waals surface area contributed by atoms with Gasteiger partial charge in [0.1, 0.15) is 0 Å². The molecule has 0 unspecified atom stereocenters. The van der Waals surface area contributed by atoms with E-state index in [-0.39, 0.29) is 5.79 Å². The van der Waals surface area contributed by atoms with Crippen molar-refractivity contribution in [2.75, 3.05) is 13.2 Å². The largest absolute Gasteiger partial charge is 0.350 e. The van der Waals surface area contributed by atoms with E-state index in [2.05, 4.69) is 41.5 Å². The molecule has 0 atom stereocenters. The second-order valence-corrected chi connectivity index (χ2v) is 6.13. The zero-order valence-corrected chi connectivity index (χ0v) is 13.4. The zero-order valence-electron chi connectivity index (χ0n) is 13.4. The van der Waals surface area contributed by atoms with E-state index >= 15 is 0 Å². The van der Waals surface area contributed by atoms with E-state index in [4.69, 9.17) is 9.47 Å². The third kappa shape index (κ3) is 8.10. The van der Waals surface area contributed by atoms with Crippen LogP contribution in [0.4, 0.5) is 0 Å². The van der Waals surface area contributed by atoms with Gasteiger partial charge in [0.2, 0.25) is 0 Å². The molecule has 0 N–H and O–H groups in total. The molecular formula is C16H34O2. The Bertz CT molecular complexity index is 176. The second kappa shape index (κ2) is 9.80. The maximum atomic E-state index is 6.12. The van der Waals surface area contributed by atoms with Crippen LogP contribution in [0.1, 0.15) is 73.6 Å². The molecule has 0 aromatic rings. The summed E-state index contributed by atoms with van der Waals surface area (Å²) in [6.07, 6.45) is 5.67. The quantitative estimate of drug-likeness (QED) is 0.383. The van der Waals surface area contributed by atoms with Gasteiger partial charge in [-0.1, -0.05) is 54.4 Å². The molecule has 0 aromatic carbocycles. The van der Waals surface area contributed by atoms with Crippen LogP contribution in [0.25, 0.3) is 0 Å². The Morgan fingerprint density at radius 2 is 1.33 bits per heavy atom. The Labute approximate surface area is 114 Å². The van der Waals surface area contributed by atoms with Gasteiger partial charge >= 0.3 is 0 Å². The van der Waals surface area contributed by atoms with Gasteiger partial charge in [-0.05, 0) is 24.7 Å². The summed E-state index contributed by atoms with van der Waals surface area (Å²) in [6, 6.07) is 0. The molecule has 0 saturated carbocycles. The highest BCUT2D eigenvalue weighted by Crippen LogP contribution is 2.27. The topological polar surface area (TPSA) is 18.5 Å². The van der Waals surface area contributed by atoms with Gasteiger partial charge in [-0.3, -0.25) is 0 Å². The summed E-state index contributed by atoms with van der Waals surface area (Å²) in [5, 5.41) is 0. The van der Waals surface area contributed by atoms with E-state index in [0.717, 1.165) is 26.1 Å². The van der Waals surface area contributed by atoms with Crippen LogP contribution in [-0.4, -0.2) is 19.0 Å². The first-order chi connectivity index (χ1) is 8.45. The van der Waals surface area contributed by atoms with Gasteiger partial charge in [0.05, 0.1) is 13.2 Å². The molecule has 2 nitrogen and oxygen atoms in total. The van der Waals surface area contributed by atoms with Gasteiger partial charge in [-0.25, -0.2) is 0 Å². The van der Waals surface area contributed by atoms with Crippen molar-refractivity contribution in [1.82, 2.24) is 0 Å². The van der Waals surface area contributed by atoms with Crippen molar-refractivity contribution in [2.24, 2.45) is 11.8 Å². The van der Waals surface area contributed by atoms with Gasteiger partial charge in [-0.15, -0.1) is 0 Å². The highest BCUT2D eigenvalue weighted by Gasteiger charge is 2.30. The second-order valence-electron chi connectivity index (χ2n) is 6.13. The smallest absolute Gasteiger partial charge is 0.168 e. The molecule has 0 amide bonds. The third-order valence-electron chi connectivity index (χ3n) is 3.06. The molecule has 110 valence electrons. The van der Waals surface area contributed by atoms with E-state index in [1.54, 1.807) is 0 Å². The van der Waals surface area contributed by atoms with Crippen LogP contribution in [0, 0.1) is 11.8 Å². The standard InChI is InChI=1S/C16H34O2/c1-7-9-10-11-16(8-2,17-12-14(3)4)18-13-15(5)6/h14-15H,7-13H2,1-6H3. The molecule has 0 radical (unpaired) electrons. The first-order valence-electron chi connectivity index (χ1n) is 7.73. The third-order valence-corrected chi connectivity index (χ3v) is 3.06. The van der Waals surface area contributed by atoms with Gasteiger partial charge in [-0.2, -0.15) is 0 Å². The van der Waals surface area contributed by atoms with Crippen LogP contribution in [0.15, 0.2) is 0 Å². The molecule has 0 saturated heterocycles. The van der Waals surface area contributed by atoms with Crippen molar-refractivity contribution < 1.29 is 9.47 Å². The molecular weight excluding hydrogens is 224 g/mol. The highest BCUT2D eigenvalue weighted by molar-refractivity contribution is 4.69. The minimum Gasteiger partial charge on any atom is -0.350 e. The lowest BCUT2D eigenvalue weighted by Gasteiger charge is -2.34. The molecule has 2 heteroatoms. The van der Waals surface area contributed by atoms with E-state index in [1.807, 2.05) is 0 Å². The Morgan fingerprint density at radius 3 is 1.67 bits per heavy atom. The Hall–Kier alpha value is -0.0800. The predicted octanol–water partition coefficient (Wildman–Crippen LogP) is 5.02. The summed E-state index contributed by atoms with van der Waals surface area (Å²) in [6.45, 7) is 14.7. The van der Waals surface area contributed by atoms with Crippen molar-refractivity contribution in [3.63, 3.8) is 0 Å². The molecule has 0 rings (SSSR count). The predicted molar refractivity (Wildman–Crippen MR) is 78.7 cm³/mol. The lowest BCUT2D eigenvalue weighted by atomic mass is 10.0. The first kappa shape index (κ1) is 17.9. The Morgan fingerprint density at radius 1 is 0.833 bits per heavy atom. The van der Waals surface area contributed by atoms with Crippen molar-refractivity contribution in [2.45, 2.75) is 79.4 Å². The van der Waals surface area contributed by atoms with Crippen LogP contribution < -0.4 is 0 Å². The van der Waals surface area contributed by atoms with E-state index < -0.39 is 0 Å². The van der Waals surface area contributed by atoms with Crippen LogP contribution in [0.5, 0.6) is 0 Å². The summed E-state index contributed by atoms with van der Waals surface area (Å²) < 4.78 is 12.2. The SMILES string of the molecule is CCCCCC(CC)(OCC(C)C)OCC(C)C. The van der Waals surface area contributed by atoms with Crippen molar-refractivity contribution in [3.05, 3.63) is 0 Å². The monoisotopic (exact) mass is 258 g/mol. The molecule has 0 aliphatic carbocycles. The normalized spacial score (nSPS) is 12.7. The van der Waals surface area contributed by atoms with Crippen LogP contribution in [-0.2, 0) is 9.47 Å². The fraction of sp³-hybridized carbons (Fsp3) is 1.00. The number of hydrogen-bond donors (Lipinski definition) is 0. The summed E-state index contributed by atoms with van der Waals surface area (Å²) in [7, 11) is 0. The summed E-state index contributed by atoms with van der Waals surface area (Å²) in [4.78, 5) is 0. The number of unbranched alkanes of at least 4 members (excludes halogenated alkanes) is 2. The number of hydrogen-bond acceptors (Lipinski definition) is 2. The lowest BCUT2D eigenvalue weighted by molar-refractivity contribution is -0.251. The molecule has 18 heavy (non-hydrogen) atoms. The van der Waals surface area contributed by atoms with E-state index in [9.17, 15) is 0 Å². The summed E-state index contributed by atoms with van der Waals surface area (Å²) >= 11 is 0. The van der Waals surface area contributed by atoms with Crippen molar-refractivity contribution >= 4 is 0 Å². The maximum Gasteiger partial charge on any atom is 0.168 e. The lowest BCUT2D eigenvalue weighted by Crippen LogP contribution is -2.37. The molecule has 0 heterocycles. The minimum absolute atomic E-state index is 0.344. The first-order valence-corrected chi connectivity index (χ1v) is 7.73. The Kier molecular flexibility index (Phi) is 9.76. The molecule has 0 aliphatic rings. The van der Waals surface area contributed by atoms with Crippen LogP contribution in [0.3, 0.4) is 0 Å². The van der Waals surface area contributed by atoms with Gasteiger partial charge in [0.15, 0.2) is 5.79 Å². The summed E-state index contributed by atoms with van der Waals surface area (Å²) in [5.41, 5.74) is 0. The summed E-state index contributed by atoms with van der Waals surface area (Å²) in [5.74, 6) is 0.776. The fourth-order valence-corrected chi connectivity index (χ4v) is 1.85. The number of rotatable bonds is 11. The van der Waals surface area contributed by atoms with E-state index in [0.29, 0.717) is 11.8 Å². The van der Waals surface area contributed by atoms with Crippen LogP contribution >= 0.6 is 0 Å². The average Bonchev–Trinajstić information content (AvgIpc) is 2.32. The fourth-order valence-electron chi connectivity index (χ4n) is 1.85. The van der Waals surface area contributed by atoms with Crippen LogP contribution in [0.2, 0.25) is 0 Å². The van der Waals surface area contributed by atoms with Gasteiger partial charge in [0, 0.05) is 6.42 Å². The molecule has 0 fully saturated rings. The van der Waals surface area contributed by atoms with Crippen molar-refractivity contribution in [1.29, 1.82) is 0 Å². The minimum atomic E-state index is -0.344. The highest BCUT2D eigenvalue weighted by atomic mass is 16.7. The number of ether oxygens (including phenoxy) is 2. The van der Waals surface area contributed by atoms with E-state index in [1.165, 1.54) is 19.3 Å². The van der Waals surface area contributed by atoms with Crippen molar-refractivity contribution in [3.8, 4) is 0 Å². The average molecular weight is 258 g/mol. The molecule has 0 aromatic heterocycles. The molecule has 0 bridgehead atoms. The van der Waals surface area contributed by atoms with Gasteiger partial charge < -0.3 is 9.47 Å². The maximum absolute atomic E-state index is 6.12. The van der Waals surface area contributed by atoms with Gasteiger partial charge in [0.25, 0.3) is 0 Å². The molecule has 0 aliphatic heterocycles. The zero-order chi connectivity index (χ0) is 14.0. The Balaban J connectivity index is 4.39.